The number of halogens is 1. The van der Waals surface area contributed by atoms with Gasteiger partial charge in [-0.1, -0.05) is 17.9 Å². The molecule has 1 aromatic heterocycles. The van der Waals surface area contributed by atoms with Gasteiger partial charge in [0.25, 0.3) is 0 Å². The van der Waals surface area contributed by atoms with Gasteiger partial charge in [0.15, 0.2) is 5.82 Å². The van der Waals surface area contributed by atoms with Crippen LogP contribution in [0.5, 0.6) is 0 Å². The van der Waals surface area contributed by atoms with E-state index in [4.69, 9.17) is 5.26 Å². The molecule has 2 aromatic carbocycles. The number of nitrogens with zero attached hydrogens (tertiary/aromatic N) is 5. The van der Waals surface area contributed by atoms with Gasteiger partial charge in [-0.15, -0.1) is 0 Å². The van der Waals surface area contributed by atoms with Gasteiger partial charge < -0.3 is 25.8 Å². The van der Waals surface area contributed by atoms with Crippen molar-refractivity contribution in [1.29, 1.82) is 5.26 Å². The molecule has 0 unspecified atom stereocenters. The Morgan fingerprint density at radius 1 is 1.05 bits per heavy atom. The number of amides is 2. The van der Waals surface area contributed by atoms with E-state index in [1.165, 1.54) is 23.1 Å². The fourth-order valence-corrected chi connectivity index (χ4v) is 3.60. The van der Waals surface area contributed by atoms with Crippen molar-refractivity contribution in [1.82, 2.24) is 25.1 Å². The van der Waals surface area contributed by atoms with E-state index in [1.807, 2.05) is 19.0 Å². The van der Waals surface area contributed by atoms with Gasteiger partial charge in [0.2, 0.25) is 17.8 Å². The number of unbranched alkanes of at least 4 members (excludes halogenated alkanes) is 1. The first kappa shape index (κ1) is 32.3. The maximum Gasteiger partial charge on any atom is 0.246 e. The smallest absolute Gasteiger partial charge is 0.246 e. The van der Waals surface area contributed by atoms with Crippen LogP contribution >= 0.6 is 0 Å². The van der Waals surface area contributed by atoms with Gasteiger partial charge >= 0.3 is 0 Å². The first-order valence-corrected chi connectivity index (χ1v) is 13.7. The molecule has 0 spiro atoms. The molecule has 0 saturated carbocycles. The number of likely N-dealkylation sites (N-methyl/N-ethyl adjacent to an activating group) is 2. The predicted molar refractivity (Wildman–Crippen MR) is 165 cm³/mol. The quantitative estimate of drug-likeness (QED) is 0.165. The van der Waals surface area contributed by atoms with Crippen LogP contribution in [0.4, 0.5) is 27.5 Å². The molecule has 1 heterocycles. The fraction of sp³-hybridized carbons (Fsp3) is 0.281. The molecule has 11 heteroatoms. The van der Waals surface area contributed by atoms with Crippen LogP contribution in [0, 0.1) is 29.0 Å². The summed E-state index contributed by atoms with van der Waals surface area (Å²) in [5, 5.41) is 18.1. The molecule has 2 amide bonds. The second-order valence-electron chi connectivity index (χ2n) is 9.89. The molecule has 0 fully saturated rings. The summed E-state index contributed by atoms with van der Waals surface area (Å²) < 4.78 is 13.4. The number of benzene rings is 2. The molecule has 3 rings (SSSR count). The Hall–Kier alpha value is -5.26. The molecule has 222 valence electrons. The summed E-state index contributed by atoms with van der Waals surface area (Å²) in [5.41, 5.74) is 2.41. The number of hydrogen-bond acceptors (Lipinski definition) is 8. The van der Waals surface area contributed by atoms with Crippen LogP contribution in [0.2, 0.25) is 0 Å². The Bertz CT molecular complexity index is 1520. The maximum absolute atomic E-state index is 13.4. The lowest BCUT2D eigenvalue weighted by Crippen LogP contribution is -2.45. The van der Waals surface area contributed by atoms with Crippen molar-refractivity contribution < 1.29 is 14.0 Å². The van der Waals surface area contributed by atoms with E-state index < -0.39 is 6.04 Å². The van der Waals surface area contributed by atoms with Crippen LogP contribution in [-0.4, -0.2) is 71.9 Å². The summed E-state index contributed by atoms with van der Waals surface area (Å²) in [4.78, 5) is 37.1. The van der Waals surface area contributed by atoms with E-state index in [-0.39, 0.29) is 17.6 Å². The van der Waals surface area contributed by atoms with E-state index in [0.717, 1.165) is 0 Å². The monoisotopic (exact) mass is 582 g/mol. The Morgan fingerprint density at radius 3 is 2.40 bits per heavy atom. The highest BCUT2D eigenvalue weighted by molar-refractivity contribution is 5.92. The SMILES string of the molecule is C[C@@H](C(=O)NCCCC#Cc1cnc(Nc2ccc(C#N)cc2)nc1Nc1ccc(F)cc1)N(C)C(=O)/C=C/CN(C)C. The molecule has 0 radical (unpaired) electrons. The third kappa shape index (κ3) is 10.6. The van der Waals surface area contributed by atoms with Gasteiger partial charge in [0.1, 0.15) is 11.9 Å². The summed E-state index contributed by atoms with van der Waals surface area (Å²) in [5.74, 6) is 6.07. The summed E-state index contributed by atoms with van der Waals surface area (Å²) in [6, 6.07) is 14.2. The van der Waals surface area contributed by atoms with Crippen molar-refractivity contribution >= 4 is 35.0 Å². The molecular formula is C32H35FN8O2. The molecule has 3 N–H and O–H groups in total. The van der Waals surface area contributed by atoms with Crippen molar-refractivity contribution in [3.8, 4) is 17.9 Å². The van der Waals surface area contributed by atoms with Gasteiger partial charge in [-0.05, 0) is 76.0 Å². The van der Waals surface area contributed by atoms with E-state index >= 15 is 0 Å². The Morgan fingerprint density at radius 2 is 1.72 bits per heavy atom. The van der Waals surface area contributed by atoms with Crippen LogP contribution < -0.4 is 16.0 Å². The largest absolute Gasteiger partial charge is 0.354 e. The Kier molecular flexibility index (Phi) is 12.2. The van der Waals surface area contributed by atoms with Gasteiger partial charge in [-0.3, -0.25) is 9.59 Å². The van der Waals surface area contributed by atoms with Crippen molar-refractivity contribution in [2.75, 3.05) is 44.9 Å². The zero-order valence-electron chi connectivity index (χ0n) is 24.7. The van der Waals surface area contributed by atoms with Crippen LogP contribution in [0.1, 0.15) is 30.9 Å². The molecule has 0 saturated heterocycles. The second kappa shape index (κ2) is 16.2. The van der Waals surface area contributed by atoms with Crippen LogP contribution in [0.25, 0.3) is 0 Å². The number of carbonyl (C=O) groups excluding carboxylic acids is 2. The molecule has 1 atom stereocenters. The first-order chi connectivity index (χ1) is 20.7. The average molecular weight is 583 g/mol. The maximum atomic E-state index is 13.4. The van der Waals surface area contributed by atoms with E-state index in [1.54, 1.807) is 62.6 Å². The highest BCUT2D eigenvalue weighted by Crippen LogP contribution is 2.21. The number of carbonyl (C=O) groups is 2. The number of nitriles is 1. The van der Waals surface area contributed by atoms with Crippen LogP contribution in [0.3, 0.4) is 0 Å². The van der Waals surface area contributed by atoms with E-state index in [9.17, 15) is 14.0 Å². The minimum Gasteiger partial charge on any atom is -0.354 e. The Balaban J connectivity index is 1.60. The summed E-state index contributed by atoms with van der Waals surface area (Å²) in [7, 11) is 5.41. The van der Waals surface area contributed by atoms with Crippen molar-refractivity contribution in [2.24, 2.45) is 0 Å². The zero-order valence-corrected chi connectivity index (χ0v) is 24.7. The minimum atomic E-state index is -0.615. The normalized spacial score (nSPS) is 11.3. The standard InChI is InChI=1S/C32H35FN8O2/c1-23(41(4)29(42)10-8-20-40(2)3)31(43)35-19-7-5-6-9-25-22-36-32(38-28-15-11-24(21-34)12-16-28)39-30(25)37-27-17-13-26(33)14-18-27/h8,10-18,22-23H,5,7,19-20H2,1-4H3,(H,35,43)(H2,36,37,38,39)/b10-8+/t23-/m0/s1. The summed E-state index contributed by atoms with van der Waals surface area (Å²) >= 11 is 0. The van der Waals surface area contributed by atoms with Crippen molar-refractivity contribution in [3.05, 3.63) is 83.8 Å². The third-order valence-corrected chi connectivity index (χ3v) is 6.21. The topological polar surface area (TPSA) is 126 Å². The van der Waals surface area contributed by atoms with Crippen LogP contribution in [-0.2, 0) is 9.59 Å². The predicted octanol–water partition coefficient (Wildman–Crippen LogP) is 4.19. The number of nitrogens with one attached hydrogen (secondary N) is 3. The lowest BCUT2D eigenvalue weighted by atomic mass is 10.2. The number of anilines is 4. The molecule has 3 aromatic rings. The Labute approximate surface area is 251 Å². The molecule has 0 aliphatic heterocycles. The number of hydrogen-bond donors (Lipinski definition) is 3. The van der Waals surface area contributed by atoms with Gasteiger partial charge in [-0.25, -0.2) is 9.37 Å². The summed E-state index contributed by atoms with van der Waals surface area (Å²) in [6.07, 6.45) is 5.91. The molecule has 0 aliphatic rings. The minimum absolute atomic E-state index is 0.235. The van der Waals surface area contributed by atoms with Gasteiger partial charge in [0, 0.05) is 44.0 Å². The highest BCUT2D eigenvalue weighted by atomic mass is 19.1. The number of rotatable bonds is 12. The molecule has 0 bridgehead atoms. The zero-order chi connectivity index (χ0) is 31.2. The van der Waals surface area contributed by atoms with E-state index in [0.29, 0.717) is 60.2 Å². The molecule has 10 nitrogen and oxygen atoms in total. The third-order valence-electron chi connectivity index (χ3n) is 6.21. The van der Waals surface area contributed by atoms with Crippen molar-refractivity contribution in [3.63, 3.8) is 0 Å². The van der Waals surface area contributed by atoms with Gasteiger partial charge in [0.05, 0.1) is 23.4 Å². The lowest BCUT2D eigenvalue weighted by Gasteiger charge is -2.23. The summed E-state index contributed by atoms with van der Waals surface area (Å²) in [6.45, 7) is 2.72. The van der Waals surface area contributed by atoms with Crippen LogP contribution in [0.15, 0.2) is 66.9 Å². The van der Waals surface area contributed by atoms with Gasteiger partial charge in [-0.2, -0.15) is 10.2 Å². The molecule has 43 heavy (non-hydrogen) atoms. The average Bonchev–Trinajstić information content (AvgIpc) is 3.00. The second-order valence-corrected chi connectivity index (χ2v) is 9.89. The molecular weight excluding hydrogens is 547 g/mol. The lowest BCUT2D eigenvalue weighted by molar-refractivity contribution is -0.135. The van der Waals surface area contributed by atoms with E-state index in [2.05, 4.69) is 43.8 Å². The van der Waals surface area contributed by atoms with Crippen molar-refractivity contribution in [2.45, 2.75) is 25.8 Å². The number of aromatic nitrogens is 2. The fourth-order valence-electron chi connectivity index (χ4n) is 3.60. The first-order valence-electron chi connectivity index (χ1n) is 13.7. The highest BCUT2D eigenvalue weighted by Gasteiger charge is 2.20. The molecule has 0 aliphatic carbocycles.